The third-order valence-electron chi connectivity index (χ3n) is 1.78. The summed E-state index contributed by atoms with van der Waals surface area (Å²) in [5.41, 5.74) is 0. The van der Waals surface area contributed by atoms with Crippen LogP contribution in [-0.4, -0.2) is 37.1 Å². The second-order valence-corrected chi connectivity index (χ2v) is 3.03. The average Bonchev–Trinajstić information content (AvgIpc) is 2.03. The number of hydrogen-bond donors (Lipinski definition) is 0. The molecule has 0 aliphatic rings. The molecule has 0 fully saturated rings. The summed E-state index contributed by atoms with van der Waals surface area (Å²) in [7, 11) is 0. The van der Waals surface area contributed by atoms with Crippen molar-refractivity contribution in [3.05, 3.63) is 0 Å². The van der Waals surface area contributed by atoms with E-state index in [2.05, 4.69) is 13.8 Å². The van der Waals surface area contributed by atoms with E-state index >= 15 is 0 Å². The van der Waals surface area contributed by atoms with Crippen molar-refractivity contribution in [2.75, 3.05) is 13.2 Å². The Morgan fingerprint density at radius 1 is 0.750 bits per heavy atom. The number of ether oxygens (including phenoxy) is 1. The number of unbranched alkanes of at least 4 members (excludes halogenated alkanes) is 4. The molecule has 12 heavy (non-hydrogen) atoms. The van der Waals surface area contributed by atoms with E-state index in [9.17, 15) is 0 Å². The first kappa shape index (κ1) is 15.2. The number of hydrogen-bond acceptors (Lipinski definition) is 1. The van der Waals surface area contributed by atoms with Crippen molar-refractivity contribution in [3.63, 3.8) is 0 Å². The van der Waals surface area contributed by atoms with Gasteiger partial charge in [-0.2, -0.15) is 0 Å². The fourth-order valence-corrected chi connectivity index (χ4v) is 1.01. The van der Waals surface area contributed by atoms with Crippen LogP contribution in [0.15, 0.2) is 0 Å². The molecule has 0 spiro atoms. The normalized spacial score (nSPS) is 9.50. The second-order valence-electron chi connectivity index (χ2n) is 3.03. The monoisotopic (exact) mass is 280 g/mol. The molecule has 0 heterocycles. The average molecular weight is 279 g/mol. The molecule has 0 aromatic heterocycles. The minimum atomic E-state index is 0. The molecule has 0 saturated carbocycles. The van der Waals surface area contributed by atoms with Crippen LogP contribution < -0.4 is 0 Å². The van der Waals surface area contributed by atoms with Crippen molar-refractivity contribution in [2.45, 2.75) is 52.4 Å². The fraction of sp³-hybridized carbons (Fsp3) is 1.00. The summed E-state index contributed by atoms with van der Waals surface area (Å²) in [6.45, 7) is 6.38. The standard InChI is InChI=1S/C10H22O.Sn.2H/c1-3-5-7-9-11-10-8-6-4-2;;;/h3-10H2,1-2H3;;;. The molecule has 0 unspecified atom stereocenters. The molecule has 0 atom stereocenters. The summed E-state index contributed by atoms with van der Waals surface area (Å²) >= 11 is 0. The van der Waals surface area contributed by atoms with Crippen LogP contribution in [0.5, 0.6) is 0 Å². The van der Waals surface area contributed by atoms with E-state index in [4.69, 9.17) is 4.74 Å². The molecule has 0 saturated heterocycles. The van der Waals surface area contributed by atoms with Crippen molar-refractivity contribution < 1.29 is 4.74 Å². The zero-order valence-electron chi connectivity index (χ0n) is 8.77. The summed E-state index contributed by atoms with van der Waals surface area (Å²) in [5.74, 6) is 0. The van der Waals surface area contributed by atoms with Crippen molar-refractivity contribution in [2.24, 2.45) is 0 Å². The zero-order chi connectivity index (χ0) is 8.36. The van der Waals surface area contributed by atoms with Gasteiger partial charge in [-0.1, -0.05) is 39.5 Å². The Balaban J connectivity index is 0. The van der Waals surface area contributed by atoms with Gasteiger partial charge in [0.05, 0.1) is 0 Å². The van der Waals surface area contributed by atoms with Crippen LogP contribution in [-0.2, 0) is 4.74 Å². The minimum absolute atomic E-state index is 0. The second kappa shape index (κ2) is 14.3. The molecular formula is C10H24OSn. The van der Waals surface area contributed by atoms with Crippen LogP contribution in [0.2, 0.25) is 0 Å². The predicted octanol–water partition coefficient (Wildman–Crippen LogP) is 2.47. The van der Waals surface area contributed by atoms with E-state index in [1.807, 2.05) is 0 Å². The fourth-order valence-electron chi connectivity index (χ4n) is 1.01. The Morgan fingerprint density at radius 3 is 1.50 bits per heavy atom. The SMILES string of the molecule is CCCCCOCCCCC.[SnH2]. The molecule has 0 aliphatic heterocycles. The van der Waals surface area contributed by atoms with Crippen LogP contribution in [0, 0.1) is 0 Å². The molecule has 74 valence electrons. The van der Waals surface area contributed by atoms with Crippen molar-refractivity contribution >= 4 is 23.9 Å². The van der Waals surface area contributed by atoms with Crippen LogP contribution >= 0.6 is 0 Å². The summed E-state index contributed by atoms with van der Waals surface area (Å²) in [6, 6.07) is 0. The third kappa shape index (κ3) is 13.4. The molecule has 0 N–H and O–H groups in total. The van der Waals surface area contributed by atoms with Gasteiger partial charge in [0.25, 0.3) is 0 Å². The molecule has 0 rings (SSSR count). The number of rotatable bonds is 8. The first-order chi connectivity index (χ1) is 5.41. The molecule has 0 amide bonds. The molecule has 1 nitrogen and oxygen atoms in total. The van der Waals surface area contributed by atoms with E-state index in [0.717, 1.165) is 13.2 Å². The maximum atomic E-state index is 5.44. The van der Waals surface area contributed by atoms with Crippen molar-refractivity contribution in [1.82, 2.24) is 0 Å². The van der Waals surface area contributed by atoms with Gasteiger partial charge in [0.1, 0.15) is 0 Å². The third-order valence-corrected chi connectivity index (χ3v) is 1.78. The van der Waals surface area contributed by atoms with E-state index in [1.54, 1.807) is 0 Å². The summed E-state index contributed by atoms with van der Waals surface area (Å²) < 4.78 is 5.44. The summed E-state index contributed by atoms with van der Waals surface area (Å²) in [4.78, 5) is 0. The van der Waals surface area contributed by atoms with E-state index in [1.165, 1.54) is 38.5 Å². The van der Waals surface area contributed by atoms with Gasteiger partial charge in [-0.15, -0.1) is 0 Å². The van der Waals surface area contributed by atoms with Gasteiger partial charge < -0.3 is 4.74 Å². The Labute approximate surface area is 94.2 Å². The zero-order valence-corrected chi connectivity index (χ0v) is 12.8. The van der Waals surface area contributed by atoms with E-state index < -0.39 is 0 Å². The van der Waals surface area contributed by atoms with Gasteiger partial charge in [0, 0.05) is 13.2 Å². The van der Waals surface area contributed by atoms with Crippen LogP contribution in [0.1, 0.15) is 52.4 Å². The van der Waals surface area contributed by atoms with Gasteiger partial charge >= 0.3 is 23.9 Å². The maximum absolute atomic E-state index is 5.44. The van der Waals surface area contributed by atoms with Crippen LogP contribution in [0.4, 0.5) is 0 Å². The van der Waals surface area contributed by atoms with E-state index in [-0.39, 0.29) is 23.9 Å². The molecule has 2 radical (unpaired) electrons. The molecular weight excluding hydrogens is 255 g/mol. The van der Waals surface area contributed by atoms with Crippen LogP contribution in [0.3, 0.4) is 0 Å². The predicted molar refractivity (Wildman–Crippen MR) is 58.4 cm³/mol. The quantitative estimate of drug-likeness (QED) is 0.490. The topological polar surface area (TPSA) is 9.23 Å². The molecule has 0 bridgehead atoms. The van der Waals surface area contributed by atoms with Gasteiger partial charge in [0.15, 0.2) is 0 Å². The summed E-state index contributed by atoms with van der Waals surface area (Å²) in [6.07, 6.45) is 7.68. The van der Waals surface area contributed by atoms with Gasteiger partial charge in [-0.05, 0) is 12.8 Å². The van der Waals surface area contributed by atoms with Gasteiger partial charge in [-0.25, -0.2) is 0 Å². The van der Waals surface area contributed by atoms with Crippen LogP contribution in [0.25, 0.3) is 0 Å². The Kier molecular flexibility index (Phi) is 18.2. The molecule has 2 heteroatoms. The Hall–Kier alpha value is 0.759. The molecule has 0 aromatic carbocycles. The van der Waals surface area contributed by atoms with Crippen molar-refractivity contribution in [3.8, 4) is 0 Å². The van der Waals surface area contributed by atoms with E-state index in [0.29, 0.717) is 0 Å². The van der Waals surface area contributed by atoms with Gasteiger partial charge in [0.2, 0.25) is 0 Å². The molecule has 0 aromatic rings. The van der Waals surface area contributed by atoms with Crippen molar-refractivity contribution in [1.29, 1.82) is 0 Å². The summed E-state index contributed by atoms with van der Waals surface area (Å²) in [5, 5.41) is 0. The Bertz CT molecular complexity index is 58.9. The van der Waals surface area contributed by atoms with Gasteiger partial charge in [-0.3, -0.25) is 0 Å². The Morgan fingerprint density at radius 2 is 1.17 bits per heavy atom. The first-order valence-electron chi connectivity index (χ1n) is 4.99. The molecule has 0 aliphatic carbocycles. The first-order valence-corrected chi connectivity index (χ1v) is 4.99.